The van der Waals surface area contributed by atoms with Gasteiger partial charge in [0.1, 0.15) is 0 Å². The van der Waals surface area contributed by atoms with Crippen LogP contribution in [0.2, 0.25) is 0 Å². The van der Waals surface area contributed by atoms with E-state index in [9.17, 15) is 4.79 Å². The lowest BCUT2D eigenvalue weighted by Crippen LogP contribution is -2.12. The van der Waals surface area contributed by atoms with E-state index in [0.29, 0.717) is 17.4 Å². The van der Waals surface area contributed by atoms with Gasteiger partial charge >= 0.3 is 0 Å². The summed E-state index contributed by atoms with van der Waals surface area (Å²) in [6.07, 6.45) is 3.40. The van der Waals surface area contributed by atoms with E-state index >= 15 is 0 Å². The van der Waals surface area contributed by atoms with Crippen molar-refractivity contribution in [3.63, 3.8) is 0 Å². The van der Waals surface area contributed by atoms with Crippen LogP contribution in [0.4, 0.5) is 5.82 Å². The van der Waals surface area contributed by atoms with Gasteiger partial charge in [-0.1, -0.05) is 0 Å². The highest BCUT2D eigenvalue weighted by Gasteiger charge is 2.17. The van der Waals surface area contributed by atoms with Gasteiger partial charge in [-0.3, -0.25) is 14.9 Å². The van der Waals surface area contributed by atoms with Crippen LogP contribution in [0.15, 0.2) is 35.0 Å². The van der Waals surface area contributed by atoms with Crippen LogP contribution in [0.1, 0.15) is 22.1 Å². The van der Waals surface area contributed by atoms with Gasteiger partial charge in [0.25, 0.3) is 5.91 Å². The zero-order valence-electron chi connectivity index (χ0n) is 11.5. The third-order valence-electron chi connectivity index (χ3n) is 2.90. The first-order valence-electron chi connectivity index (χ1n) is 6.34. The topological polar surface area (TPSA) is 96.7 Å². The van der Waals surface area contributed by atoms with Crippen LogP contribution >= 0.6 is 0 Å². The Hall–Kier alpha value is -2.96. The second-order valence-corrected chi connectivity index (χ2v) is 4.51. The number of aryl methyl sites for hydroxylation is 2. The maximum atomic E-state index is 12.1. The summed E-state index contributed by atoms with van der Waals surface area (Å²) in [4.78, 5) is 20.2. The van der Waals surface area contributed by atoms with Gasteiger partial charge in [0.15, 0.2) is 11.7 Å². The van der Waals surface area contributed by atoms with Crippen molar-refractivity contribution in [1.29, 1.82) is 0 Å². The van der Waals surface area contributed by atoms with Crippen molar-refractivity contribution in [3.05, 3.63) is 47.9 Å². The number of nitrogens with zero attached hydrogens (tertiary/aromatic N) is 3. The number of aromatic amines is 1. The average molecular weight is 283 g/mol. The molecule has 21 heavy (non-hydrogen) atoms. The van der Waals surface area contributed by atoms with Gasteiger partial charge in [-0.15, -0.1) is 0 Å². The summed E-state index contributed by atoms with van der Waals surface area (Å²) in [6.45, 7) is 3.41. The average Bonchev–Trinajstić information content (AvgIpc) is 3.06. The molecule has 0 atom stereocenters. The minimum absolute atomic E-state index is 0.193. The molecule has 3 rings (SSSR count). The number of H-pyrrole nitrogens is 1. The smallest absolute Gasteiger partial charge is 0.294 e. The Labute approximate surface area is 120 Å². The Bertz CT molecular complexity index is 776. The summed E-state index contributed by atoms with van der Waals surface area (Å²) in [6, 6.07) is 5.46. The molecule has 0 unspecified atom stereocenters. The zero-order chi connectivity index (χ0) is 14.8. The molecule has 0 radical (unpaired) electrons. The Morgan fingerprint density at radius 2 is 2.24 bits per heavy atom. The Kier molecular flexibility index (Phi) is 3.23. The van der Waals surface area contributed by atoms with Crippen molar-refractivity contribution in [3.8, 4) is 11.3 Å². The molecule has 0 spiro atoms. The van der Waals surface area contributed by atoms with Crippen molar-refractivity contribution >= 4 is 11.7 Å². The molecule has 0 aromatic carbocycles. The van der Waals surface area contributed by atoms with E-state index in [1.807, 2.05) is 12.1 Å². The molecule has 3 heterocycles. The third kappa shape index (κ3) is 2.66. The van der Waals surface area contributed by atoms with E-state index in [0.717, 1.165) is 11.3 Å². The molecular weight excluding hydrogens is 270 g/mol. The fourth-order valence-electron chi connectivity index (χ4n) is 1.97. The molecule has 3 aromatic rings. The predicted octanol–water partition coefficient (Wildman–Crippen LogP) is 2.33. The van der Waals surface area contributed by atoms with E-state index in [-0.39, 0.29) is 11.7 Å². The number of oxazole rings is 1. The number of nitrogens with one attached hydrogen (secondary N) is 2. The second kappa shape index (κ2) is 5.20. The number of carbonyl (C=O) groups is 1. The number of hydrogen-bond donors (Lipinski definition) is 2. The maximum absolute atomic E-state index is 12.1. The van der Waals surface area contributed by atoms with Crippen LogP contribution < -0.4 is 5.32 Å². The molecule has 1 amide bonds. The second-order valence-electron chi connectivity index (χ2n) is 4.51. The van der Waals surface area contributed by atoms with E-state index in [2.05, 4.69) is 25.5 Å². The number of hydrogen-bond acceptors (Lipinski definition) is 5. The standard InChI is InChI=1S/C14H13N5O2/c1-8-13(21-9(2)16-8)14(20)17-12-6-11(18-19-12)10-4-3-5-15-7-10/h3-7H,1-2H3,(H2,17,18,19,20). The maximum Gasteiger partial charge on any atom is 0.294 e. The molecule has 106 valence electrons. The summed E-state index contributed by atoms with van der Waals surface area (Å²) in [7, 11) is 0. The van der Waals surface area contributed by atoms with Gasteiger partial charge in [-0.05, 0) is 19.1 Å². The first-order chi connectivity index (χ1) is 10.1. The Morgan fingerprint density at radius 1 is 1.38 bits per heavy atom. The third-order valence-corrected chi connectivity index (χ3v) is 2.90. The van der Waals surface area contributed by atoms with E-state index in [4.69, 9.17) is 4.42 Å². The van der Waals surface area contributed by atoms with Crippen molar-refractivity contribution in [2.75, 3.05) is 5.32 Å². The molecular formula is C14H13N5O2. The molecule has 0 saturated carbocycles. The predicted molar refractivity (Wildman–Crippen MR) is 75.7 cm³/mol. The first-order valence-corrected chi connectivity index (χ1v) is 6.34. The number of pyridine rings is 1. The number of rotatable bonds is 3. The lowest BCUT2D eigenvalue weighted by atomic mass is 10.2. The molecule has 0 aliphatic heterocycles. The minimum atomic E-state index is -0.377. The fraction of sp³-hybridized carbons (Fsp3) is 0.143. The number of amides is 1. The molecule has 3 aromatic heterocycles. The molecule has 7 nitrogen and oxygen atoms in total. The zero-order valence-corrected chi connectivity index (χ0v) is 11.5. The van der Waals surface area contributed by atoms with Crippen molar-refractivity contribution in [2.45, 2.75) is 13.8 Å². The normalized spacial score (nSPS) is 10.6. The number of anilines is 1. The summed E-state index contributed by atoms with van der Waals surface area (Å²) in [5, 5.41) is 9.56. The quantitative estimate of drug-likeness (QED) is 0.769. The van der Waals surface area contributed by atoms with Crippen LogP contribution in [0, 0.1) is 13.8 Å². The number of carbonyl (C=O) groups excluding carboxylic acids is 1. The highest BCUT2D eigenvalue weighted by atomic mass is 16.4. The van der Waals surface area contributed by atoms with Crippen LogP contribution in [0.25, 0.3) is 11.3 Å². The summed E-state index contributed by atoms with van der Waals surface area (Å²) >= 11 is 0. The Balaban J connectivity index is 1.79. The summed E-state index contributed by atoms with van der Waals surface area (Å²) < 4.78 is 5.27. The molecule has 0 saturated heterocycles. The number of aromatic nitrogens is 4. The molecule has 0 aliphatic carbocycles. The fourth-order valence-corrected chi connectivity index (χ4v) is 1.97. The van der Waals surface area contributed by atoms with Crippen molar-refractivity contribution in [2.24, 2.45) is 0 Å². The van der Waals surface area contributed by atoms with Crippen LogP contribution in [-0.2, 0) is 0 Å². The molecule has 0 bridgehead atoms. The lowest BCUT2D eigenvalue weighted by molar-refractivity contribution is 0.0994. The molecule has 2 N–H and O–H groups in total. The van der Waals surface area contributed by atoms with E-state index < -0.39 is 0 Å². The van der Waals surface area contributed by atoms with Gasteiger partial charge in [-0.2, -0.15) is 5.10 Å². The van der Waals surface area contributed by atoms with E-state index in [1.165, 1.54) is 0 Å². The van der Waals surface area contributed by atoms with Crippen molar-refractivity contribution < 1.29 is 9.21 Å². The lowest BCUT2D eigenvalue weighted by Gasteiger charge is -1.98. The van der Waals surface area contributed by atoms with Gasteiger partial charge in [0.05, 0.1) is 11.4 Å². The van der Waals surface area contributed by atoms with Gasteiger partial charge < -0.3 is 9.73 Å². The molecule has 0 fully saturated rings. The monoisotopic (exact) mass is 283 g/mol. The van der Waals surface area contributed by atoms with Gasteiger partial charge in [0, 0.05) is 30.9 Å². The minimum Gasteiger partial charge on any atom is -0.436 e. The first kappa shape index (κ1) is 13.0. The van der Waals surface area contributed by atoms with Crippen LogP contribution in [-0.4, -0.2) is 26.1 Å². The summed E-state index contributed by atoms with van der Waals surface area (Å²) in [5.74, 6) is 0.679. The van der Waals surface area contributed by atoms with Crippen LogP contribution in [0.5, 0.6) is 0 Å². The van der Waals surface area contributed by atoms with Gasteiger partial charge in [-0.25, -0.2) is 4.98 Å². The summed E-state index contributed by atoms with van der Waals surface area (Å²) in [5.41, 5.74) is 2.20. The van der Waals surface area contributed by atoms with Crippen molar-refractivity contribution in [1.82, 2.24) is 20.2 Å². The largest absolute Gasteiger partial charge is 0.436 e. The molecule has 0 aliphatic rings. The SMILES string of the molecule is Cc1nc(C)c(C(=O)Nc2cc(-c3cccnc3)[nH]n2)o1. The highest BCUT2D eigenvalue weighted by molar-refractivity contribution is 6.02. The Morgan fingerprint density at radius 3 is 2.90 bits per heavy atom. The highest BCUT2D eigenvalue weighted by Crippen LogP contribution is 2.19. The van der Waals surface area contributed by atoms with Crippen LogP contribution in [0.3, 0.4) is 0 Å². The van der Waals surface area contributed by atoms with Gasteiger partial charge in [0.2, 0.25) is 5.76 Å². The molecule has 7 heteroatoms. The van der Waals surface area contributed by atoms with E-state index in [1.54, 1.807) is 32.3 Å².